The highest BCUT2D eigenvalue weighted by Crippen LogP contribution is 2.04. The van der Waals surface area contributed by atoms with Crippen molar-refractivity contribution in [3.8, 4) is 0 Å². The third kappa shape index (κ3) is 4.24. The number of methoxy groups -OCH3 is 1. The second kappa shape index (κ2) is 6.72. The minimum absolute atomic E-state index is 0.0529. The normalized spacial score (nSPS) is 11.0. The van der Waals surface area contributed by atoms with E-state index in [9.17, 15) is 9.59 Å². The van der Waals surface area contributed by atoms with Gasteiger partial charge in [-0.25, -0.2) is 0 Å². The average molecular weight is 265 g/mol. The van der Waals surface area contributed by atoms with Crippen molar-refractivity contribution < 1.29 is 14.3 Å². The van der Waals surface area contributed by atoms with E-state index in [-0.39, 0.29) is 18.5 Å². The van der Waals surface area contributed by atoms with Gasteiger partial charge in [-0.3, -0.25) is 14.3 Å². The molecule has 6 nitrogen and oxygen atoms in total. The number of nitrogens with zero attached hydrogens (tertiary/aromatic N) is 3. The molecule has 0 radical (unpaired) electrons. The summed E-state index contributed by atoms with van der Waals surface area (Å²) in [6.07, 6.45) is 4.75. The van der Waals surface area contributed by atoms with E-state index < -0.39 is 5.97 Å². The summed E-state index contributed by atoms with van der Waals surface area (Å²) < 4.78 is 6.24. The molecule has 0 aliphatic heterocycles. The van der Waals surface area contributed by atoms with Crippen LogP contribution in [0.15, 0.2) is 18.3 Å². The van der Waals surface area contributed by atoms with E-state index in [0.29, 0.717) is 0 Å². The molecule has 0 atom stereocenters. The lowest BCUT2D eigenvalue weighted by atomic mass is 10.3. The Labute approximate surface area is 112 Å². The first-order valence-corrected chi connectivity index (χ1v) is 5.99. The summed E-state index contributed by atoms with van der Waals surface area (Å²) in [5, 5.41) is 4.00. The van der Waals surface area contributed by atoms with Gasteiger partial charge in [0.15, 0.2) is 0 Å². The first-order valence-electron chi connectivity index (χ1n) is 5.99. The van der Waals surface area contributed by atoms with Crippen molar-refractivity contribution in [3.63, 3.8) is 0 Å². The second-order valence-electron chi connectivity index (χ2n) is 4.35. The molecule has 0 bridgehead atoms. The molecule has 0 saturated carbocycles. The van der Waals surface area contributed by atoms with Crippen molar-refractivity contribution in [1.29, 1.82) is 0 Å². The number of ether oxygens (including phenoxy) is 1. The number of hydrogen-bond acceptors (Lipinski definition) is 4. The number of amides is 1. The van der Waals surface area contributed by atoms with Crippen LogP contribution in [0.3, 0.4) is 0 Å². The number of rotatable bonds is 5. The van der Waals surface area contributed by atoms with Gasteiger partial charge in [0.2, 0.25) is 5.91 Å². The Hall–Kier alpha value is -2.11. The van der Waals surface area contributed by atoms with Gasteiger partial charge in [-0.05, 0) is 26.0 Å². The van der Waals surface area contributed by atoms with Crippen molar-refractivity contribution in [1.82, 2.24) is 14.7 Å². The summed E-state index contributed by atoms with van der Waals surface area (Å²) in [5.41, 5.74) is 0.815. The number of esters is 1. The zero-order valence-electron chi connectivity index (χ0n) is 11.7. The molecule has 6 heteroatoms. The fraction of sp³-hybridized carbons (Fsp3) is 0.462. The zero-order valence-corrected chi connectivity index (χ0v) is 11.7. The molecule has 0 N–H and O–H groups in total. The van der Waals surface area contributed by atoms with Crippen LogP contribution in [-0.4, -0.2) is 46.3 Å². The second-order valence-corrected chi connectivity index (χ2v) is 4.35. The summed E-state index contributed by atoms with van der Waals surface area (Å²) in [4.78, 5) is 24.8. The van der Waals surface area contributed by atoms with E-state index in [2.05, 4.69) is 9.84 Å². The van der Waals surface area contributed by atoms with E-state index in [0.717, 1.165) is 5.69 Å². The van der Waals surface area contributed by atoms with E-state index in [1.165, 1.54) is 18.1 Å². The lowest BCUT2D eigenvalue weighted by Gasteiger charge is -2.23. The fourth-order valence-corrected chi connectivity index (χ4v) is 1.52. The topological polar surface area (TPSA) is 64.4 Å². The number of aryl methyl sites for hydroxylation is 1. The molecule has 0 aliphatic carbocycles. The summed E-state index contributed by atoms with van der Waals surface area (Å²) in [6, 6.07) is 1.71. The standard InChI is InChI=1S/C13H19N3O3/c1-10(2)16(9-13(18)19-4)12(17)6-5-11-7-8-14-15(11)3/h5-8,10H,9H2,1-4H3. The van der Waals surface area contributed by atoms with Crippen LogP contribution >= 0.6 is 0 Å². The number of carbonyl (C=O) groups excluding carboxylic acids is 2. The molecule has 1 aromatic heterocycles. The first-order chi connectivity index (χ1) is 8.95. The SMILES string of the molecule is COC(=O)CN(C(=O)C=Cc1ccnn1C)C(C)C. The van der Waals surface area contributed by atoms with Gasteiger partial charge in [0.05, 0.1) is 12.8 Å². The van der Waals surface area contributed by atoms with Gasteiger partial charge in [0.1, 0.15) is 6.54 Å². The van der Waals surface area contributed by atoms with Crippen LogP contribution in [0.2, 0.25) is 0 Å². The smallest absolute Gasteiger partial charge is 0.325 e. The maximum Gasteiger partial charge on any atom is 0.325 e. The molecule has 1 amide bonds. The quantitative estimate of drug-likeness (QED) is 0.584. The molecule has 1 rings (SSSR count). The number of hydrogen-bond donors (Lipinski definition) is 0. The highest BCUT2D eigenvalue weighted by Gasteiger charge is 2.18. The van der Waals surface area contributed by atoms with Crippen molar-refractivity contribution in [2.75, 3.05) is 13.7 Å². The predicted molar refractivity (Wildman–Crippen MR) is 71.1 cm³/mol. The molecule has 0 fully saturated rings. The summed E-state index contributed by atoms with van der Waals surface area (Å²) in [5.74, 6) is -0.669. The van der Waals surface area contributed by atoms with E-state index >= 15 is 0 Å². The summed E-state index contributed by atoms with van der Waals surface area (Å²) in [6.45, 7) is 3.64. The Morgan fingerprint density at radius 3 is 2.68 bits per heavy atom. The van der Waals surface area contributed by atoms with Crippen LogP contribution in [0.25, 0.3) is 6.08 Å². The van der Waals surface area contributed by atoms with Crippen LogP contribution in [0.1, 0.15) is 19.5 Å². The van der Waals surface area contributed by atoms with Crippen LogP contribution in [0, 0.1) is 0 Å². The largest absolute Gasteiger partial charge is 0.468 e. The number of aromatic nitrogens is 2. The summed E-state index contributed by atoms with van der Waals surface area (Å²) in [7, 11) is 3.09. The van der Waals surface area contributed by atoms with Gasteiger partial charge in [0.25, 0.3) is 0 Å². The van der Waals surface area contributed by atoms with Crippen LogP contribution in [0.5, 0.6) is 0 Å². The molecular weight excluding hydrogens is 246 g/mol. The predicted octanol–water partition coefficient (Wildman–Crippen LogP) is 0.843. The first kappa shape index (κ1) is 14.9. The minimum Gasteiger partial charge on any atom is -0.468 e. The molecule has 1 heterocycles. The molecule has 19 heavy (non-hydrogen) atoms. The van der Waals surface area contributed by atoms with E-state index in [1.54, 1.807) is 30.1 Å². The molecule has 0 aliphatic rings. The van der Waals surface area contributed by atoms with Crippen molar-refractivity contribution in [3.05, 3.63) is 24.0 Å². The third-order valence-corrected chi connectivity index (χ3v) is 2.69. The van der Waals surface area contributed by atoms with Gasteiger partial charge in [0, 0.05) is 25.4 Å². The molecule has 1 aromatic rings. The Balaban J connectivity index is 2.75. The highest BCUT2D eigenvalue weighted by molar-refractivity contribution is 5.93. The van der Waals surface area contributed by atoms with Crippen molar-refractivity contribution in [2.45, 2.75) is 19.9 Å². The lowest BCUT2D eigenvalue weighted by molar-refractivity contribution is -0.146. The molecular formula is C13H19N3O3. The molecule has 0 unspecified atom stereocenters. The molecule has 0 aromatic carbocycles. The highest BCUT2D eigenvalue weighted by atomic mass is 16.5. The Kier molecular flexibility index (Phi) is 5.29. The fourth-order valence-electron chi connectivity index (χ4n) is 1.52. The van der Waals surface area contributed by atoms with Gasteiger partial charge in [-0.2, -0.15) is 5.10 Å². The van der Waals surface area contributed by atoms with Crippen LogP contribution in [-0.2, 0) is 21.4 Å². The van der Waals surface area contributed by atoms with Gasteiger partial charge in [-0.15, -0.1) is 0 Å². The van der Waals surface area contributed by atoms with E-state index in [4.69, 9.17) is 0 Å². The Morgan fingerprint density at radius 2 is 2.21 bits per heavy atom. The van der Waals surface area contributed by atoms with E-state index in [1.807, 2.05) is 13.8 Å². The molecule has 0 saturated heterocycles. The Bertz CT molecular complexity index is 477. The molecule has 104 valence electrons. The third-order valence-electron chi connectivity index (χ3n) is 2.69. The van der Waals surface area contributed by atoms with Crippen LogP contribution < -0.4 is 0 Å². The summed E-state index contributed by atoms with van der Waals surface area (Å²) >= 11 is 0. The van der Waals surface area contributed by atoms with Crippen LogP contribution in [0.4, 0.5) is 0 Å². The monoisotopic (exact) mass is 265 g/mol. The van der Waals surface area contributed by atoms with Crippen molar-refractivity contribution in [2.24, 2.45) is 7.05 Å². The maximum absolute atomic E-state index is 12.0. The van der Waals surface area contributed by atoms with Crippen molar-refractivity contribution >= 4 is 18.0 Å². The van der Waals surface area contributed by atoms with Gasteiger partial charge >= 0.3 is 5.97 Å². The minimum atomic E-state index is -0.434. The van der Waals surface area contributed by atoms with Gasteiger partial charge < -0.3 is 9.64 Å². The van der Waals surface area contributed by atoms with Gasteiger partial charge in [-0.1, -0.05) is 0 Å². The average Bonchev–Trinajstić information content (AvgIpc) is 2.77. The zero-order chi connectivity index (χ0) is 14.4. The number of carbonyl (C=O) groups is 2. The lowest BCUT2D eigenvalue weighted by Crippen LogP contribution is -2.40. The Morgan fingerprint density at radius 1 is 1.53 bits per heavy atom. The maximum atomic E-state index is 12.0. The molecule has 0 spiro atoms.